The van der Waals surface area contributed by atoms with Gasteiger partial charge in [0.15, 0.2) is 0 Å². The average Bonchev–Trinajstić information content (AvgIpc) is 2.96. The summed E-state index contributed by atoms with van der Waals surface area (Å²) in [6, 6.07) is 8.23. The smallest absolute Gasteiger partial charge is 0.119 e. The van der Waals surface area contributed by atoms with Crippen molar-refractivity contribution in [3.8, 4) is 17.0 Å². The molecule has 0 atom stereocenters. The molecule has 0 saturated heterocycles. The highest BCUT2D eigenvalue weighted by molar-refractivity contribution is 5.63. The molecule has 5 heteroatoms. The number of aromatic nitrogens is 2. The first-order valence-electron chi connectivity index (χ1n) is 8.70. The summed E-state index contributed by atoms with van der Waals surface area (Å²) in [5.41, 5.74) is 3.45. The maximum absolute atomic E-state index is 5.73. The fourth-order valence-electron chi connectivity index (χ4n) is 2.62. The number of benzene rings is 1. The summed E-state index contributed by atoms with van der Waals surface area (Å²) in [5.74, 6) is 0.899. The van der Waals surface area contributed by atoms with E-state index < -0.39 is 0 Å². The quantitative estimate of drug-likeness (QED) is 0.767. The van der Waals surface area contributed by atoms with Crippen LogP contribution in [0, 0.1) is 0 Å². The molecule has 2 aromatic rings. The number of hydrogen-bond acceptors (Lipinski definition) is 4. The lowest BCUT2D eigenvalue weighted by atomic mass is 10.1. The van der Waals surface area contributed by atoms with Gasteiger partial charge in [0.1, 0.15) is 5.75 Å². The van der Waals surface area contributed by atoms with E-state index in [1.165, 1.54) is 5.56 Å². The first kappa shape index (κ1) is 18.5. The zero-order valence-corrected chi connectivity index (χ0v) is 15.5. The third-order valence-electron chi connectivity index (χ3n) is 3.84. The van der Waals surface area contributed by atoms with E-state index in [1.54, 1.807) is 0 Å². The number of nitrogens with one attached hydrogen (secondary N) is 1. The third-order valence-corrected chi connectivity index (χ3v) is 3.84. The molecule has 2 rings (SSSR count). The van der Waals surface area contributed by atoms with Crippen LogP contribution in [0.1, 0.15) is 26.3 Å². The van der Waals surface area contributed by atoms with E-state index in [-0.39, 0.29) is 6.10 Å². The molecule has 0 spiro atoms. The Hall–Kier alpha value is -1.85. The van der Waals surface area contributed by atoms with E-state index >= 15 is 0 Å². The van der Waals surface area contributed by atoms with Crippen LogP contribution in [0.4, 0.5) is 0 Å². The van der Waals surface area contributed by atoms with E-state index in [0.29, 0.717) is 0 Å². The van der Waals surface area contributed by atoms with E-state index in [4.69, 9.17) is 9.84 Å². The number of rotatable bonds is 9. The maximum atomic E-state index is 5.73. The molecule has 1 aromatic heterocycles. The van der Waals surface area contributed by atoms with Crippen molar-refractivity contribution in [1.29, 1.82) is 0 Å². The summed E-state index contributed by atoms with van der Waals surface area (Å²) >= 11 is 0. The van der Waals surface area contributed by atoms with Crippen molar-refractivity contribution in [2.75, 3.05) is 27.2 Å². The molecule has 5 nitrogen and oxygen atoms in total. The molecule has 0 aliphatic carbocycles. The largest absolute Gasteiger partial charge is 0.491 e. The van der Waals surface area contributed by atoms with Crippen LogP contribution in [-0.2, 0) is 13.1 Å². The molecule has 0 aliphatic heterocycles. The van der Waals surface area contributed by atoms with E-state index in [2.05, 4.69) is 42.5 Å². The highest BCUT2D eigenvalue weighted by atomic mass is 16.5. The molecule has 0 bridgehead atoms. The van der Waals surface area contributed by atoms with Crippen molar-refractivity contribution in [3.05, 3.63) is 36.0 Å². The average molecular weight is 330 g/mol. The fourth-order valence-corrected chi connectivity index (χ4v) is 2.62. The molecule has 24 heavy (non-hydrogen) atoms. The van der Waals surface area contributed by atoms with Crippen LogP contribution in [0.25, 0.3) is 11.3 Å². The molecule has 0 fully saturated rings. The Morgan fingerprint density at radius 2 is 1.96 bits per heavy atom. The molecule has 132 valence electrons. The summed E-state index contributed by atoms with van der Waals surface area (Å²) in [7, 11) is 4.12. The third kappa shape index (κ3) is 5.08. The first-order chi connectivity index (χ1) is 11.5. The molecule has 1 heterocycles. The Kier molecular flexibility index (Phi) is 6.82. The zero-order valence-electron chi connectivity index (χ0n) is 15.5. The van der Waals surface area contributed by atoms with Crippen molar-refractivity contribution in [2.24, 2.45) is 0 Å². The molecule has 0 radical (unpaired) electrons. The Morgan fingerprint density at radius 1 is 1.25 bits per heavy atom. The molecule has 0 unspecified atom stereocenters. The molecular weight excluding hydrogens is 300 g/mol. The lowest BCUT2D eigenvalue weighted by Crippen LogP contribution is -2.27. The van der Waals surface area contributed by atoms with Gasteiger partial charge in [-0.05, 0) is 59.1 Å². The lowest BCUT2D eigenvalue weighted by molar-refractivity contribution is 0.242. The van der Waals surface area contributed by atoms with Gasteiger partial charge in [0, 0.05) is 43.5 Å². The Morgan fingerprint density at radius 3 is 2.54 bits per heavy atom. The van der Waals surface area contributed by atoms with Crippen molar-refractivity contribution < 1.29 is 4.74 Å². The minimum atomic E-state index is 0.187. The van der Waals surface area contributed by atoms with Crippen LogP contribution < -0.4 is 10.1 Å². The predicted octanol–water partition coefficient (Wildman–Crippen LogP) is 3.01. The van der Waals surface area contributed by atoms with Crippen molar-refractivity contribution in [2.45, 2.75) is 40.0 Å². The standard InChI is InChI=1S/C19H30N4O/c1-6-23-14-17(13-22(5)12-11-20-4)19(21-23)16-7-9-18(10-8-16)24-15(2)3/h7-10,14-15,20H,6,11-13H2,1-5H3. The van der Waals surface area contributed by atoms with Crippen molar-refractivity contribution in [1.82, 2.24) is 20.0 Å². The summed E-state index contributed by atoms with van der Waals surface area (Å²) in [5, 5.41) is 7.95. The molecular formula is C19H30N4O. The van der Waals surface area contributed by atoms with E-state index in [1.807, 2.05) is 37.7 Å². The SMILES string of the molecule is CCn1cc(CN(C)CCNC)c(-c2ccc(OC(C)C)cc2)n1. The summed E-state index contributed by atoms with van der Waals surface area (Å²) in [6.45, 7) is 9.95. The van der Waals surface area contributed by atoms with Gasteiger partial charge in [0.2, 0.25) is 0 Å². The van der Waals surface area contributed by atoms with E-state index in [9.17, 15) is 0 Å². The van der Waals surface area contributed by atoms with Gasteiger partial charge in [-0.25, -0.2) is 0 Å². The number of aryl methyl sites for hydroxylation is 1. The van der Waals surface area contributed by atoms with Gasteiger partial charge >= 0.3 is 0 Å². The summed E-state index contributed by atoms with van der Waals surface area (Å²) < 4.78 is 7.74. The van der Waals surface area contributed by atoms with Crippen molar-refractivity contribution in [3.63, 3.8) is 0 Å². The van der Waals surface area contributed by atoms with Gasteiger partial charge in [-0.1, -0.05) is 0 Å². The van der Waals surface area contributed by atoms with Crippen LogP contribution >= 0.6 is 0 Å². The van der Waals surface area contributed by atoms with Gasteiger partial charge in [0.25, 0.3) is 0 Å². The minimum absolute atomic E-state index is 0.187. The molecule has 0 amide bonds. The van der Waals surface area contributed by atoms with Crippen LogP contribution in [0.2, 0.25) is 0 Å². The predicted molar refractivity (Wildman–Crippen MR) is 99.4 cm³/mol. The molecule has 1 aromatic carbocycles. The number of ether oxygens (including phenoxy) is 1. The summed E-state index contributed by atoms with van der Waals surface area (Å²) in [4.78, 5) is 2.31. The van der Waals surface area contributed by atoms with Crippen molar-refractivity contribution >= 4 is 0 Å². The second-order valence-corrected chi connectivity index (χ2v) is 6.39. The molecule has 0 aliphatic rings. The number of hydrogen-bond donors (Lipinski definition) is 1. The Bertz CT molecular complexity index is 619. The second-order valence-electron chi connectivity index (χ2n) is 6.39. The molecule has 1 N–H and O–H groups in total. The monoisotopic (exact) mass is 330 g/mol. The topological polar surface area (TPSA) is 42.3 Å². The van der Waals surface area contributed by atoms with Gasteiger partial charge in [-0.2, -0.15) is 5.10 Å². The fraction of sp³-hybridized carbons (Fsp3) is 0.526. The highest BCUT2D eigenvalue weighted by Crippen LogP contribution is 2.25. The Labute approximate surface area is 145 Å². The van der Waals surface area contributed by atoms with Gasteiger partial charge in [0.05, 0.1) is 11.8 Å². The van der Waals surface area contributed by atoms with Gasteiger partial charge < -0.3 is 15.0 Å². The van der Waals surface area contributed by atoms with Gasteiger partial charge in [-0.15, -0.1) is 0 Å². The number of likely N-dealkylation sites (N-methyl/N-ethyl adjacent to an activating group) is 2. The van der Waals surface area contributed by atoms with Crippen LogP contribution in [0.3, 0.4) is 0 Å². The lowest BCUT2D eigenvalue weighted by Gasteiger charge is -2.16. The highest BCUT2D eigenvalue weighted by Gasteiger charge is 2.13. The number of nitrogens with zero attached hydrogens (tertiary/aromatic N) is 3. The Balaban J connectivity index is 2.20. The normalized spacial score (nSPS) is 11.5. The first-order valence-corrected chi connectivity index (χ1v) is 8.70. The van der Waals surface area contributed by atoms with Crippen LogP contribution in [-0.4, -0.2) is 48.0 Å². The van der Waals surface area contributed by atoms with Crippen LogP contribution in [0.5, 0.6) is 5.75 Å². The minimum Gasteiger partial charge on any atom is -0.491 e. The second kappa shape index (κ2) is 8.85. The van der Waals surface area contributed by atoms with Crippen LogP contribution in [0.15, 0.2) is 30.5 Å². The van der Waals surface area contributed by atoms with E-state index in [0.717, 1.165) is 43.2 Å². The molecule has 0 saturated carbocycles. The van der Waals surface area contributed by atoms with Gasteiger partial charge in [-0.3, -0.25) is 4.68 Å². The maximum Gasteiger partial charge on any atom is 0.119 e. The summed E-state index contributed by atoms with van der Waals surface area (Å²) in [6.07, 6.45) is 2.34. The zero-order chi connectivity index (χ0) is 17.5.